The molecule has 0 spiro atoms. The summed E-state index contributed by atoms with van der Waals surface area (Å²) in [5.74, 6) is -0.803. The minimum absolute atomic E-state index is 0.103. The van der Waals surface area contributed by atoms with E-state index in [1.807, 2.05) is 42.5 Å². The number of hydrogen-bond acceptors (Lipinski definition) is 3. The van der Waals surface area contributed by atoms with Crippen LogP contribution in [-0.2, 0) is 6.42 Å². The van der Waals surface area contributed by atoms with Gasteiger partial charge in [-0.25, -0.2) is 0 Å². The average molecular weight is 255 g/mol. The zero-order valence-corrected chi connectivity index (χ0v) is 10.9. The molecule has 90 valence electrons. The molecule has 2 nitrogen and oxygen atoms in total. The topological polar surface area (TPSA) is 40.9 Å². The smallest absolute Gasteiger partial charge is 0.194 e. The van der Waals surface area contributed by atoms with Gasteiger partial charge in [0.15, 0.2) is 5.78 Å². The molecule has 2 rings (SSSR count). The van der Waals surface area contributed by atoms with Crippen molar-refractivity contribution in [3.05, 3.63) is 57.8 Å². The summed E-state index contributed by atoms with van der Waals surface area (Å²) in [6.45, 7) is 2.05. The Morgan fingerprint density at radius 2 is 2.00 bits per heavy atom. The molecule has 0 aliphatic carbocycles. The van der Waals surface area contributed by atoms with E-state index in [0.29, 0.717) is 4.88 Å². The zero-order valence-electron chi connectivity index (χ0n) is 10.1. The zero-order chi connectivity index (χ0) is 13.0. The van der Waals surface area contributed by atoms with E-state index < -0.39 is 5.92 Å². The van der Waals surface area contributed by atoms with E-state index in [1.165, 1.54) is 16.2 Å². The number of nitriles is 1. The predicted molar refractivity (Wildman–Crippen MR) is 72.8 cm³/mol. The van der Waals surface area contributed by atoms with Gasteiger partial charge in [0.05, 0.1) is 10.9 Å². The molecule has 0 radical (unpaired) electrons. The van der Waals surface area contributed by atoms with Gasteiger partial charge in [0.2, 0.25) is 0 Å². The number of ketones is 1. The fraction of sp³-hybridized carbons (Fsp3) is 0.200. The lowest BCUT2D eigenvalue weighted by molar-refractivity contribution is 0.0983. The molecular formula is C15H13NOS. The first kappa shape index (κ1) is 12.5. The lowest BCUT2D eigenvalue weighted by atomic mass is 9.95. The summed E-state index contributed by atoms with van der Waals surface area (Å²) in [4.78, 5) is 14.1. The first-order valence-corrected chi connectivity index (χ1v) is 6.65. The van der Waals surface area contributed by atoms with Crippen LogP contribution in [0.5, 0.6) is 0 Å². The van der Waals surface area contributed by atoms with Crippen LogP contribution in [-0.4, -0.2) is 5.78 Å². The summed E-state index contributed by atoms with van der Waals surface area (Å²) in [7, 11) is 0. The van der Waals surface area contributed by atoms with Crippen LogP contribution in [0, 0.1) is 11.3 Å². The minimum Gasteiger partial charge on any atom is -0.291 e. The van der Waals surface area contributed by atoms with Crippen LogP contribution in [0.4, 0.5) is 0 Å². The molecule has 1 heterocycles. The van der Waals surface area contributed by atoms with Crippen molar-refractivity contribution in [3.8, 4) is 6.07 Å². The van der Waals surface area contributed by atoms with Gasteiger partial charge < -0.3 is 0 Å². The van der Waals surface area contributed by atoms with E-state index in [4.69, 9.17) is 0 Å². The quantitative estimate of drug-likeness (QED) is 0.780. The molecule has 0 saturated carbocycles. The minimum atomic E-state index is -0.699. The molecule has 0 fully saturated rings. The molecule has 0 amide bonds. The van der Waals surface area contributed by atoms with Crippen molar-refractivity contribution in [1.82, 2.24) is 0 Å². The monoisotopic (exact) mass is 255 g/mol. The van der Waals surface area contributed by atoms with Gasteiger partial charge in [0, 0.05) is 4.88 Å². The second kappa shape index (κ2) is 5.61. The molecule has 1 aromatic heterocycles. The van der Waals surface area contributed by atoms with Gasteiger partial charge in [-0.05, 0) is 24.1 Å². The van der Waals surface area contributed by atoms with Crippen LogP contribution < -0.4 is 0 Å². The van der Waals surface area contributed by atoms with Crippen molar-refractivity contribution in [2.24, 2.45) is 0 Å². The maximum absolute atomic E-state index is 12.3. The maximum Gasteiger partial charge on any atom is 0.194 e. The maximum atomic E-state index is 12.3. The second-order valence-corrected chi connectivity index (χ2v) is 5.12. The molecule has 1 unspecified atom stereocenters. The molecule has 2 aromatic rings. The first-order valence-electron chi connectivity index (χ1n) is 5.83. The molecule has 0 aliphatic rings. The fourth-order valence-electron chi connectivity index (χ4n) is 1.77. The lowest BCUT2D eigenvalue weighted by Crippen LogP contribution is -2.09. The van der Waals surface area contributed by atoms with Crippen LogP contribution in [0.25, 0.3) is 0 Å². The molecule has 0 N–H and O–H groups in total. The highest BCUT2D eigenvalue weighted by Crippen LogP contribution is 2.25. The number of carbonyl (C=O) groups excluding carboxylic acids is 1. The largest absolute Gasteiger partial charge is 0.291 e. The molecule has 3 heteroatoms. The van der Waals surface area contributed by atoms with E-state index in [-0.39, 0.29) is 5.78 Å². The van der Waals surface area contributed by atoms with Crippen LogP contribution in [0.3, 0.4) is 0 Å². The van der Waals surface area contributed by atoms with Crippen molar-refractivity contribution < 1.29 is 4.79 Å². The highest BCUT2D eigenvalue weighted by Gasteiger charge is 2.22. The predicted octanol–water partition coefficient (Wildman–Crippen LogP) is 3.80. The molecule has 18 heavy (non-hydrogen) atoms. The number of aryl methyl sites for hydroxylation is 1. The van der Waals surface area contributed by atoms with E-state index in [1.54, 1.807) is 0 Å². The van der Waals surface area contributed by atoms with Gasteiger partial charge in [-0.2, -0.15) is 5.26 Å². The number of nitrogens with zero attached hydrogens (tertiary/aromatic N) is 1. The Bertz CT molecular complexity index is 580. The molecule has 1 atom stereocenters. The van der Waals surface area contributed by atoms with Crippen LogP contribution in [0.2, 0.25) is 0 Å². The summed E-state index contributed by atoms with van der Waals surface area (Å²) in [5.41, 5.74) is 0.761. The third-order valence-electron chi connectivity index (χ3n) is 2.78. The molecule has 0 aliphatic heterocycles. The summed E-state index contributed by atoms with van der Waals surface area (Å²) in [6.07, 6.45) is 0.917. The number of Topliss-reactive ketones (excluding diaryl/α,β-unsaturated/α-hetero) is 1. The molecular weight excluding hydrogens is 242 g/mol. The summed E-state index contributed by atoms with van der Waals surface area (Å²) in [5, 5.41) is 9.21. The molecule has 0 bridgehead atoms. The van der Waals surface area contributed by atoms with E-state index in [2.05, 4.69) is 13.0 Å². The molecule has 1 aromatic carbocycles. The van der Waals surface area contributed by atoms with Crippen LogP contribution in [0.15, 0.2) is 42.5 Å². The van der Waals surface area contributed by atoms with Gasteiger partial charge in [0.25, 0.3) is 0 Å². The van der Waals surface area contributed by atoms with Crippen molar-refractivity contribution in [2.75, 3.05) is 0 Å². The van der Waals surface area contributed by atoms with Crippen molar-refractivity contribution in [2.45, 2.75) is 19.3 Å². The van der Waals surface area contributed by atoms with Gasteiger partial charge in [-0.15, -0.1) is 11.3 Å². The Morgan fingerprint density at radius 3 is 2.56 bits per heavy atom. The third kappa shape index (κ3) is 2.49. The lowest BCUT2D eigenvalue weighted by Gasteiger charge is -2.06. The number of carbonyl (C=O) groups is 1. The Balaban J connectivity index is 2.29. The van der Waals surface area contributed by atoms with Gasteiger partial charge in [0.1, 0.15) is 5.92 Å². The fourth-order valence-corrected chi connectivity index (χ4v) is 2.69. The first-order chi connectivity index (χ1) is 8.76. The summed E-state index contributed by atoms with van der Waals surface area (Å²) in [6, 6.07) is 15.1. The standard InChI is InChI=1S/C15H13NOS/c1-2-12-8-9-14(18-12)15(17)13(10-16)11-6-4-3-5-7-11/h3-9,13H,2H2,1H3. The highest BCUT2D eigenvalue weighted by atomic mass is 32.1. The Kier molecular flexibility index (Phi) is 3.91. The van der Waals surface area contributed by atoms with Gasteiger partial charge >= 0.3 is 0 Å². The van der Waals surface area contributed by atoms with Crippen LogP contribution >= 0.6 is 11.3 Å². The van der Waals surface area contributed by atoms with Crippen molar-refractivity contribution in [1.29, 1.82) is 5.26 Å². The van der Waals surface area contributed by atoms with E-state index >= 15 is 0 Å². The van der Waals surface area contributed by atoms with Gasteiger partial charge in [-0.1, -0.05) is 37.3 Å². The van der Waals surface area contributed by atoms with Crippen molar-refractivity contribution >= 4 is 17.1 Å². The Hall–Kier alpha value is -1.92. The Morgan fingerprint density at radius 1 is 1.28 bits per heavy atom. The molecule has 0 saturated heterocycles. The number of benzene rings is 1. The van der Waals surface area contributed by atoms with Crippen LogP contribution in [0.1, 0.15) is 33.0 Å². The average Bonchev–Trinajstić information content (AvgIpc) is 2.89. The Labute approximate surface area is 111 Å². The number of hydrogen-bond donors (Lipinski definition) is 0. The van der Waals surface area contributed by atoms with Gasteiger partial charge in [-0.3, -0.25) is 4.79 Å². The highest BCUT2D eigenvalue weighted by molar-refractivity contribution is 7.14. The summed E-state index contributed by atoms with van der Waals surface area (Å²) >= 11 is 1.48. The summed E-state index contributed by atoms with van der Waals surface area (Å²) < 4.78 is 0. The number of thiophene rings is 1. The van der Waals surface area contributed by atoms with Crippen molar-refractivity contribution in [3.63, 3.8) is 0 Å². The second-order valence-electron chi connectivity index (χ2n) is 3.96. The van der Waals surface area contributed by atoms with E-state index in [9.17, 15) is 10.1 Å². The number of rotatable bonds is 4. The normalized spacial score (nSPS) is 11.8. The van der Waals surface area contributed by atoms with E-state index in [0.717, 1.165) is 12.0 Å². The third-order valence-corrected chi connectivity index (χ3v) is 4.02. The SMILES string of the molecule is CCc1ccc(C(=O)C(C#N)c2ccccc2)s1.